The molecule has 0 radical (unpaired) electrons. The van der Waals surface area contributed by atoms with Gasteiger partial charge in [0.05, 0.1) is 45.1 Å². The highest BCUT2D eigenvalue weighted by Gasteiger charge is 2.24. The highest BCUT2D eigenvalue weighted by molar-refractivity contribution is 7.93. The molecule has 44 heavy (non-hydrogen) atoms. The average molecular weight is 655 g/mol. The summed E-state index contributed by atoms with van der Waals surface area (Å²) in [6.45, 7) is 5.54. The number of carbonyl (C=O) groups is 1. The quantitative estimate of drug-likeness (QED) is 0.212. The Kier molecular flexibility index (Phi) is 9.16. The number of para-hydroxylation sites is 1. The molecule has 1 aliphatic heterocycles. The molecule has 3 N–H and O–H groups in total. The highest BCUT2D eigenvalue weighted by atomic mass is 35.5. The van der Waals surface area contributed by atoms with Crippen molar-refractivity contribution in [2.24, 2.45) is 0 Å². The predicted molar refractivity (Wildman–Crippen MR) is 173 cm³/mol. The first-order chi connectivity index (χ1) is 20.9. The summed E-state index contributed by atoms with van der Waals surface area (Å²) in [4.78, 5) is 15.4. The zero-order valence-corrected chi connectivity index (χ0v) is 26.4. The molecule has 1 heterocycles. The van der Waals surface area contributed by atoms with Crippen molar-refractivity contribution in [2.75, 3.05) is 46.0 Å². The SMILES string of the molecule is Cc1ccc(NS(=O)(=O)c2cc(C(=O)Nc3cc(S(=O)(=O)Nc4ccccc4Cl)ccc3N3CCOCC3)ccc2C)cc1. The summed E-state index contributed by atoms with van der Waals surface area (Å²) in [5.41, 5.74) is 2.95. The first-order valence-corrected chi connectivity index (χ1v) is 17.0. The molecule has 4 aromatic rings. The van der Waals surface area contributed by atoms with Crippen LogP contribution in [-0.4, -0.2) is 49.0 Å². The van der Waals surface area contributed by atoms with E-state index in [1.165, 1.54) is 24.3 Å². The van der Waals surface area contributed by atoms with Gasteiger partial charge >= 0.3 is 0 Å². The van der Waals surface area contributed by atoms with Gasteiger partial charge in [-0.05, 0) is 74.0 Å². The largest absolute Gasteiger partial charge is 0.378 e. The molecule has 13 heteroatoms. The summed E-state index contributed by atoms with van der Waals surface area (Å²) in [5, 5.41) is 3.04. The van der Waals surface area contributed by atoms with Gasteiger partial charge in [0.1, 0.15) is 0 Å². The number of rotatable bonds is 9. The Hall–Kier alpha value is -4.10. The third kappa shape index (κ3) is 7.16. The second-order valence-corrected chi connectivity index (χ2v) is 14.0. The number of sulfonamides is 2. The Morgan fingerprint density at radius 2 is 1.50 bits per heavy atom. The number of benzene rings is 4. The smallest absolute Gasteiger partial charge is 0.262 e. The van der Waals surface area contributed by atoms with Gasteiger partial charge < -0.3 is 15.0 Å². The van der Waals surface area contributed by atoms with Crippen molar-refractivity contribution in [3.63, 3.8) is 0 Å². The molecule has 1 aliphatic rings. The molecule has 0 aliphatic carbocycles. The molecular formula is C31H31ClN4O6S2. The van der Waals surface area contributed by atoms with E-state index in [-0.39, 0.29) is 31.8 Å². The van der Waals surface area contributed by atoms with Gasteiger partial charge in [-0.2, -0.15) is 0 Å². The van der Waals surface area contributed by atoms with Crippen molar-refractivity contribution in [3.8, 4) is 0 Å². The van der Waals surface area contributed by atoms with Crippen LogP contribution >= 0.6 is 11.6 Å². The van der Waals surface area contributed by atoms with Crippen molar-refractivity contribution in [3.05, 3.63) is 107 Å². The number of aryl methyl sites for hydroxylation is 2. The maximum absolute atomic E-state index is 13.6. The van der Waals surface area contributed by atoms with Gasteiger partial charge in [0.15, 0.2) is 0 Å². The number of carbonyl (C=O) groups excluding carboxylic acids is 1. The average Bonchev–Trinajstić information content (AvgIpc) is 3.00. The van der Waals surface area contributed by atoms with Crippen molar-refractivity contribution in [1.82, 2.24) is 0 Å². The standard InChI is InChI=1S/C31H31ClN4O6S2/c1-21-7-11-24(12-8-21)34-44(40,41)30-19-23(10-9-22(30)2)31(37)33-28-20-25(13-14-29(28)36-15-17-42-18-16-36)43(38,39)35-27-6-4-3-5-26(27)32/h3-14,19-20,34-35H,15-18H2,1-2H3,(H,33,37). The van der Waals surface area contributed by atoms with E-state index in [9.17, 15) is 21.6 Å². The lowest BCUT2D eigenvalue weighted by Gasteiger charge is -2.30. The number of anilines is 4. The first-order valence-electron chi connectivity index (χ1n) is 13.7. The topological polar surface area (TPSA) is 134 Å². The molecule has 230 valence electrons. The molecule has 0 saturated carbocycles. The van der Waals surface area contributed by atoms with E-state index in [2.05, 4.69) is 14.8 Å². The molecule has 0 spiro atoms. The molecule has 10 nitrogen and oxygen atoms in total. The molecule has 1 saturated heterocycles. The molecule has 0 aromatic heterocycles. The summed E-state index contributed by atoms with van der Waals surface area (Å²) in [6, 6.07) is 22.2. The lowest BCUT2D eigenvalue weighted by atomic mass is 10.1. The van der Waals surface area contributed by atoms with E-state index in [1.807, 2.05) is 11.8 Å². The lowest BCUT2D eigenvalue weighted by Crippen LogP contribution is -2.36. The van der Waals surface area contributed by atoms with Crippen molar-refractivity contribution in [1.29, 1.82) is 0 Å². The van der Waals surface area contributed by atoms with Crippen LogP contribution in [0.3, 0.4) is 0 Å². The van der Waals surface area contributed by atoms with E-state index in [4.69, 9.17) is 16.3 Å². The fourth-order valence-electron chi connectivity index (χ4n) is 4.67. The zero-order chi connectivity index (χ0) is 31.5. The van der Waals surface area contributed by atoms with Crippen LogP contribution in [-0.2, 0) is 24.8 Å². The third-order valence-electron chi connectivity index (χ3n) is 7.04. The number of nitrogens with one attached hydrogen (secondary N) is 3. The van der Waals surface area contributed by atoms with Crippen molar-refractivity contribution < 1.29 is 26.4 Å². The summed E-state index contributed by atoms with van der Waals surface area (Å²) in [5.74, 6) is -0.611. The number of ether oxygens (including phenoxy) is 1. The van der Waals surface area contributed by atoms with E-state index < -0.39 is 26.0 Å². The van der Waals surface area contributed by atoms with Gasteiger partial charge in [0.25, 0.3) is 26.0 Å². The third-order valence-corrected chi connectivity index (χ3v) is 10.3. The minimum atomic E-state index is -4.09. The van der Waals surface area contributed by atoms with Gasteiger partial charge in [-0.1, -0.05) is 47.5 Å². The minimum Gasteiger partial charge on any atom is -0.378 e. The number of hydrogen-bond donors (Lipinski definition) is 3. The Labute approximate surface area is 262 Å². The van der Waals surface area contributed by atoms with Crippen LogP contribution < -0.4 is 19.7 Å². The van der Waals surface area contributed by atoms with Crippen LogP contribution in [0.1, 0.15) is 21.5 Å². The second-order valence-electron chi connectivity index (χ2n) is 10.3. The molecule has 1 fully saturated rings. The van der Waals surface area contributed by atoms with Gasteiger partial charge in [0.2, 0.25) is 0 Å². The van der Waals surface area contributed by atoms with Gasteiger partial charge in [-0.3, -0.25) is 14.2 Å². The Bertz CT molecular complexity index is 1910. The van der Waals surface area contributed by atoms with Crippen molar-refractivity contribution >= 4 is 60.3 Å². The monoisotopic (exact) mass is 654 g/mol. The molecule has 0 bridgehead atoms. The second kappa shape index (κ2) is 12.9. The summed E-state index contributed by atoms with van der Waals surface area (Å²) in [7, 11) is -8.11. The summed E-state index contributed by atoms with van der Waals surface area (Å²) >= 11 is 6.17. The summed E-state index contributed by atoms with van der Waals surface area (Å²) in [6.07, 6.45) is 0. The molecule has 0 unspecified atom stereocenters. The van der Waals surface area contributed by atoms with Crippen LogP contribution in [0.15, 0.2) is 94.7 Å². The predicted octanol–water partition coefficient (Wildman–Crippen LogP) is 5.65. The van der Waals surface area contributed by atoms with Crippen LogP contribution in [0.4, 0.5) is 22.7 Å². The number of nitrogens with zero attached hydrogens (tertiary/aromatic N) is 1. The summed E-state index contributed by atoms with van der Waals surface area (Å²) < 4.78 is 63.7. The molecular weight excluding hydrogens is 624 g/mol. The minimum absolute atomic E-state index is 0.0561. The highest BCUT2D eigenvalue weighted by Crippen LogP contribution is 2.32. The fraction of sp³-hybridized carbons (Fsp3) is 0.194. The maximum Gasteiger partial charge on any atom is 0.262 e. The molecule has 4 aromatic carbocycles. The number of morpholine rings is 1. The Morgan fingerprint density at radius 1 is 0.795 bits per heavy atom. The van der Waals surface area contributed by atoms with Crippen molar-refractivity contribution in [2.45, 2.75) is 23.6 Å². The first kappa shape index (κ1) is 31.3. The van der Waals surface area contributed by atoms with Gasteiger partial charge in [-0.25, -0.2) is 16.8 Å². The number of hydrogen-bond acceptors (Lipinski definition) is 7. The van der Waals surface area contributed by atoms with Crippen LogP contribution in [0.5, 0.6) is 0 Å². The Balaban J connectivity index is 1.47. The van der Waals surface area contributed by atoms with Crippen LogP contribution in [0, 0.1) is 13.8 Å². The Morgan fingerprint density at radius 3 is 2.20 bits per heavy atom. The molecule has 1 amide bonds. The number of amides is 1. The van der Waals surface area contributed by atoms with Gasteiger partial charge in [0, 0.05) is 24.3 Å². The van der Waals surface area contributed by atoms with E-state index in [1.54, 1.807) is 67.6 Å². The maximum atomic E-state index is 13.6. The molecule has 5 rings (SSSR count). The molecule has 0 atom stereocenters. The van der Waals surface area contributed by atoms with Gasteiger partial charge in [-0.15, -0.1) is 0 Å². The van der Waals surface area contributed by atoms with E-state index in [0.29, 0.717) is 43.2 Å². The normalized spacial score (nSPS) is 13.8. The van der Waals surface area contributed by atoms with Crippen LogP contribution in [0.2, 0.25) is 5.02 Å². The fourth-order valence-corrected chi connectivity index (χ4v) is 7.34. The van der Waals surface area contributed by atoms with E-state index >= 15 is 0 Å². The number of halogens is 1. The van der Waals surface area contributed by atoms with Crippen LogP contribution in [0.25, 0.3) is 0 Å². The lowest BCUT2D eigenvalue weighted by molar-refractivity contribution is 0.102. The van der Waals surface area contributed by atoms with E-state index in [0.717, 1.165) is 5.56 Å². The zero-order valence-electron chi connectivity index (χ0n) is 24.0.